The van der Waals surface area contributed by atoms with Gasteiger partial charge in [-0.1, -0.05) is 33.6 Å². The summed E-state index contributed by atoms with van der Waals surface area (Å²) < 4.78 is 30.5. The number of hydrogen-bond donors (Lipinski definition) is 2. The van der Waals surface area contributed by atoms with Gasteiger partial charge in [-0.2, -0.15) is 8.42 Å². The van der Waals surface area contributed by atoms with Crippen LogP contribution in [-0.4, -0.2) is 30.2 Å². The fourth-order valence-electron chi connectivity index (χ4n) is 1.90. The zero-order valence-corrected chi connectivity index (χ0v) is 12.7. The van der Waals surface area contributed by atoms with Crippen molar-refractivity contribution < 1.29 is 17.8 Å². The quantitative estimate of drug-likeness (QED) is 0.697. The monoisotopic (exact) mass is 279 g/mol. The smallest absolute Gasteiger partial charge is 0.267 e. The van der Waals surface area contributed by atoms with E-state index in [1.165, 1.54) is 0 Å². The molecule has 0 aromatic carbocycles. The Labute approximate surface area is 110 Å². The zero-order valence-electron chi connectivity index (χ0n) is 11.9. The fourth-order valence-corrected chi connectivity index (χ4v) is 2.89. The number of rotatable bonds is 7. The van der Waals surface area contributed by atoms with Crippen LogP contribution in [0.1, 0.15) is 47.5 Å². The van der Waals surface area contributed by atoms with E-state index < -0.39 is 21.4 Å². The van der Waals surface area contributed by atoms with E-state index in [0.29, 0.717) is 0 Å². The van der Waals surface area contributed by atoms with E-state index in [4.69, 9.17) is 4.55 Å². The lowest BCUT2D eigenvalue weighted by molar-refractivity contribution is -0.127. The molecule has 2 atom stereocenters. The van der Waals surface area contributed by atoms with E-state index in [2.05, 4.69) is 12.2 Å². The van der Waals surface area contributed by atoms with Gasteiger partial charge in [0.15, 0.2) is 0 Å². The van der Waals surface area contributed by atoms with Gasteiger partial charge in [0, 0.05) is 5.92 Å². The molecule has 0 saturated carbocycles. The summed E-state index contributed by atoms with van der Waals surface area (Å²) in [5.74, 6) is -0.590. The second-order valence-corrected chi connectivity index (χ2v) is 7.11. The van der Waals surface area contributed by atoms with Gasteiger partial charge in [0.05, 0.1) is 11.3 Å². The minimum Gasteiger partial charge on any atom is -0.350 e. The number of carbonyl (C=O) groups is 1. The third-order valence-corrected chi connectivity index (χ3v) is 4.10. The summed E-state index contributed by atoms with van der Waals surface area (Å²) in [5, 5.41) is 2.67. The molecular formula is C12H25NO4S. The van der Waals surface area contributed by atoms with E-state index in [-0.39, 0.29) is 17.7 Å². The van der Waals surface area contributed by atoms with Crippen molar-refractivity contribution in [1.82, 2.24) is 5.32 Å². The Morgan fingerprint density at radius 1 is 1.33 bits per heavy atom. The van der Waals surface area contributed by atoms with Crippen LogP contribution in [0.4, 0.5) is 0 Å². The van der Waals surface area contributed by atoms with Crippen LogP contribution in [0.3, 0.4) is 0 Å². The van der Waals surface area contributed by atoms with Crippen molar-refractivity contribution in [2.24, 2.45) is 11.8 Å². The van der Waals surface area contributed by atoms with E-state index in [1.54, 1.807) is 13.8 Å². The highest BCUT2D eigenvalue weighted by atomic mass is 32.2. The van der Waals surface area contributed by atoms with Crippen molar-refractivity contribution in [3.8, 4) is 0 Å². The standard InChI is InChI=1S/C12H25NO4S/c1-6-7-9(2)10(3)11(14)13-12(4,5)8-18(15,16)17/h9-10H,6-8H2,1-5H3,(H,13,14)(H,15,16,17). The first kappa shape index (κ1) is 17.4. The lowest BCUT2D eigenvalue weighted by Gasteiger charge is -2.28. The van der Waals surface area contributed by atoms with Gasteiger partial charge in [-0.05, 0) is 19.8 Å². The van der Waals surface area contributed by atoms with Gasteiger partial charge in [0.25, 0.3) is 10.1 Å². The molecule has 2 unspecified atom stereocenters. The van der Waals surface area contributed by atoms with Gasteiger partial charge in [0.1, 0.15) is 0 Å². The molecule has 0 bridgehead atoms. The Bertz CT molecular complexity index is 376. The van der Waals surface area contributed by atoms with E-state index in [1.807, 2.05) is 13.8 Å². The average Bonchev–Trinajstić information content (AvgIpc) is 2.11. The third-order valence-electron chi connectivity index (χ3n) is 3.02. The van der Waals surface area contributed by atoms with E-state index in [0.717, 1.165) is 12.8 Å². The Hall–Kier alpha value is -0.620. The van der Waals surface area contributed by atoms with Gasteiger partial charge in [0.2, 0.25) is 5.91 Å². The van der Waals surface area contributed by atoms with Gasteiger partial charge in [-0.15, -0.1) is 0 Å². The van der Waals surface area contributed by atoms with Crippen molar-refractivity contribution in [2.75, 3.05) is 5.75 Å². The third kappa shape index (κ3) is 6.96. The van der Waals surface area contributed by atoms with Gasteiger partial charge < -0.3 is 5.32 Å². The molecular weight excluding hydrogens is 254 g/mol. The lowest BCUT2D eigenvalue weighted by atomic mass is 9.90. The lowest BCUT2D eigenvalue weighted by Crippen LogP contribution is -2.50. The summed E-state index contributed by atoms with van der Waals surface area (Å²) in [7, 11) is -4.10. The molecule has 108 valence electrons. The van der Waals surface area contributed by atoms with Crippen LogP contribution in [0, 0.1) is 11.8 Å². The first-order valence-corrected chi connectivity index (χ1v) is 7.86. The Morgan fingerprint density at radius 2 is 1.83 bits per heavy atom. The molecule has 0 spiro atoms. The number of hydrogen-bond acceptors (Lipinski definition) is 3. The molecule has 0 aromatic heterocycles. The van der Waals surface area contributed by atoms with Gasteiger partial charge in [-0.3, -0.25) is 9.35 Å². The number of carbonyl (C=O) groups excluding carboxylic acids is 1. The highest BCUT2D eigenvalue weighted by Crippen LogP contribution is 2.18. The van der Waals surface area contributed by atoms with E-state index >= 15 is 0 Å². The molecule has 2 N–H and O–H groups in total. The van der Waals surface area contributed by atoms with Crippen molar-refractivity contribution in [3.63, 3.8) is 0 Å². The first-order valence-electron chi connectivity index (χ1n) is 6.25. The molecule has 0 radical (unpaired) electrons. The van der Waals surface area contributed by atoms with Crippen molar-refractivity contribution >= 4 is 16.0 Å². The maximum absolute atomic E-state index is 12.0. The molecule has 0 fully saturated rings. The number of amides is 1. The Balaban J connectivity index is 4.55. The Morgan fingerprint density at radius 3 is 2.22 bits per heavy atom. The van der Waals surface area contributed by atoms with Crippen LogP contribution in [0.5, 0.6) is 0 Å². The molecule has 18 heavy (non-hydrogen) atoms. The van der Waals surface area contributed by atoms with Crippen molar-refractivity contribution in [2.45, 2.75) is 53.0 Å². The molecule has 0 rings (SSSR count). The predicted molar refractivity (Wildman–Crippen MR) is 71.9 cm³/mol. The summed E-state index contributed by atoms with van der Waals surface area (Å²) in [6.07, 6.45) is 1.96. The molecule has 0 heterocycles. The summed E-state index contributed by atoms with van der Waals surface area (Å²) in [6.45, 7) is 9.05. The first-order chi connectivity index (χ1) is 7.98. The molecule has 6 heteroatoms. The van der Waals surface area contributed by atoms with Crippen LogP contribution < -0.4 is 5.32 Å². The summed E-state index contributed by atoms with van der Waals surface area (Å²) in [6, 6.07) is 0. The van der Waals surface area contributed by atoms with Crippen LogP contribution in [0.2, 0.25) is 0 Å². The number of nitrogens with one attached hydrogen (secondary N) is 1. The minimum absolute atomic E-state index is 0.175. The molecule has 0 saturated heterocycles. The molecule has 0 aliphatic heterocycles. The predicted octanol–water partition coefficient (Wildman–Crippen LogP) is 1.84. The second-order valence-electron chi connectivity index (χ2n) is 5.65. The van der Waals surface area contributed by atoms with Crippen molar-refractivity contribution in [3.05, 3.63) is 0 Å². The largest absolute Gasteiger partial charge is 0.350 e. The maximum Gasteiger partial charge on any atom is 0.267 e. The van der Waals surface area contributed by atoms with Crippen LogP contribution in [0.25, 0.3) is 0 Å². The van der Waals surface area contributed by atoms with Gasteiger partial charge >= 0.3 is 0 Å². The Kier molecular flexibility index (Phi) is 6.29. The summed E-state index contributed by atoms with van der Waals surface area (Å²) in [5.41, 5.74) is -0.967. The SMILES string of the molecule is CCCC(C)C(C)C(=O)NC(C)(C)CS(=O)(=O)O. The minimum atomic E-state index is -4.10. The maximum atomic E-state index is 12.0. The molecule has 0 aliphatic rings. The normalized spacial score (nSPS) is 16.1. The van der Waals surface area contributed by atoms with Crippen LogP contribution in [0.15, 0.2) is 0 Å². The fraction of sp³-hybridized carbons (Fsp3) is 0.917. The zero-order chi connectivity index (χ0) is 14.6. The highest BCUT2D eigenvalue weighted by Gasteiger charge is 2.29. The second kappa shape index (κ2) is 6.52. The van der Waals surface area contributed by atoms with Crippen LogP contribution >= 0.6 is 0 Å². The summed E-state index contributed by atoms with van der Waals surface area (Å²) >= 11 is 0. The molecule has 0 aliphatic carbocycles. The molecule has 5 nitrogen and oxygen atoms in total. The van der Waals surface area contributed by atoms with E-state index in [9.17, 15) is 13.2 Å². The summed E-state index contributed by atoms with van der Waals surface area (Å²) in [4.78, 5) is 12.0. The van der Waals surface area contributed by atoms with Gasteiger partial charge in [-0.25, -0.2) is 0 Å². The van der Waals surface area contributed by atoms with Crippen molar-refractivity contribution in [1.29, 1.82) is 0 Å². The average molecular weight is 279 g/mol. The van der Waals surface area contributed by atoms with Crippen LogP contribution in [-0.2, 0) is 14.9 Å². The molecule has 0 aromatic rings. The molecule has 1 amide bonds. The highest BCUT2D eigenvalue weighted by molar-refractivity contribution is 7.85. The topological polar surface area (TPSA) is 83.5 Å².